The van der Waals surface area contributed by atoms with Crippen molar-refractivity contribution >= 4 is 28.5 Å². The Morgan fingerprint density at radius 3 is 2.37 bits per heavy atom. The number of hydrogen-bond donors (Lipinski definition) is 1. The number of nitrogens with zero attached hydrogens (tertiary/aromatic N) is 3. The number of halogens is 4. The maximum absolute atomic E-state index is 14.3. The van der Waals surface area contributed by atoms with Crippen LogP contribution in [0.15, 0.2) is 83.6 Å². The van der Waals surface area contributed by atoms with Crippen molar-refractivity contribution in [1.29, 1.82) is 0 Å². The molecular weight excluding hydrogens is 615 g/mol. The van der Waals surface area contributed by atoms with E-state index in [0.29, 0.717) is 38.4 Å². The summed E-state index contributed by atoms with van der Waals surface area (Å²) in [5.41, 5.74) is 5.82. The third-order valence-corrected chi connectivity index (χ3v) is 8.64. The Bertz CT molecular complexity index is 1980. The first-order valence-electron chi connectivity index (χ1n) is 14.5. The summed E-state index contributed by atoms with van der Waals surface area (Å²) >= 11 is 6.80. The van der Waals surface area contributed by atoms with Gasteiger partial charge in [-0.2, -0.15) is 13.2 Å². The summed E-state index contributed by atoms with van der Waals surface area (Å²) in [5.74, 6) is -1.59. The van der Waals surface area contributed by atoms with E-state index in [1.807, 2.05) is 57.2 Å². The molecule has 5 aromatic rings. The second-order valence-electron chi connectivity index (χ2n) is 12.0. The molecule has 0 unspecified atom stereocenters. The van der Waals surface area contributed by atoms with Crippen LogP contribution < -0.4 is 0 Å². The van der Waals surface area contributed by atoms with E-state index in [1.54, 1.807) is 32.2 Å². The van der Waals surface area contributed by atoms with E-state index in [2.05, 4.69) is 16.5 Å². The zero-order valence-electron chi connectivity index (χ0n) is 26.1. The lowest BCUT2D eigenvalue weighted by atomic mass is 9.82. The lowest BCUT2D eigenvalue weighted by molar-refractivity contribution is -0.153. The zero-order valence-corrected chi connectivity index (χ0v) is 26.8. The van der Waals surface area contributed by atoms with Gasteiger partial charge in [0.25, 0.3) is 5.91 Å². The summed E-state index contributed by atoms with van der Waals surface area (Å²) in [6, 6.07) is 17.0. The molecule has 0 saturated carbocycles. The fraction of sp³-hybridized carbons (Fsp3) is 0.250. The molecule has 3 aromatic heterocycles. The Labute approximate surface area is 270 Å². The van der Waals surface area contributed by atoms with Gasteiger partial charge < -0.3 is 14.4 Å². The van der Waals surface area contributed by atoms with E-state index < -0.39 is 23.3 Å². The van der Waals surface area contributed by atoms with Gasteiger partial charge in [0.15, 0.2) is 0 Å². The van der Waals surface area contributed by atoms with E-state index in [0.717, 1.165) is 28.3 Å². The van der Waals surface area contributed by atoms with Crippen molar-refractivity contribution in [3.8, 4) is 11.1 Å². The Kier molecular flexibility index (Phi) is 8.75. The zero-order chi connectivity index (χ0) is 33.6. The average Bonchev–Trinajstić information content (AvgIpc) is 3.48. The van der Waals surface area contributed by atoms with E-state index in [-0.39, 0.29) is 24.6 Å². The Morgan fingerprint density at radius 1 is 1.00 bits per heavy atom. The van der Waals surface area contributed by atoms with Crippen LogP contribution in [0.4, 0.5) is 13.2 Å². The standard InChI is InChI=1S/C36H33ClF3N3O3/c1-20-14-30-33(41-17-20)32(21(2)22(3)42-30)34(45)43(19-28-12-13-31(46-28)36(38,39)40)18-26-11-10-25(16-29(26)37)24-8-7-9-27(15-24)35(5,6)23(4)44/h7-17,44H,4,18-19H2,1-3,5-6H3. The lowest BCUT2D eigenvalue weighted by Gasteiger charge is -2.25. The Hall–Kier alpha value is -4.63. The first-order valence-corrected chi connectivity index (χ1v) is 14.9. The average molecular weight is 648 g/mol. The number of furan rings is 1. The van der Waals surface area contributed by atoms with E-state index >= 15 is 0 Å². The quantitative estimate of drug-likeness (QED) is 0.170. The first-order chi connectivity index (χ1) is 21.6. The number of allylic oxidation sites excluding steroid dienone is 1. The summed E-state index contributed by atoms with van der Waals surface area (Å²) < 4.78 is 45.2. The Morgan fingerprint density at radius 2 is 1.72 bits per heavy atom. The molecular formula is C36H33ClF3N3O3. The molecule has 0 aliphatic carbocycles. The van der Waals surface area contributed by atoms with Crippen LogP contribution in [0.3, 0.4) is 0 Å². The number of alkyl halides is 3. The molecule has 46 heavy (non-hydrogen) atoms. The van der Waals surface area contributed by atoms with Gasteiger partial charge >= 0.3 is 6.18 Å². The number of benzene rings is 2. The summed E-state index contributed by atoms with van der Waals surface area (Å²) in [5, 5.41) is 10.5. The molecule has 5 rings (SSSR count). The van der Waals surface area contributed by atoms with Gasteiger partial charge in [-0.15, -0.1) is 0 Å². The van der Waals surface area contributed by atoms with Gasteiger partial charge in [0.2, 0.25) is 5.76 Å². The number of aliphatic hydroxyl groups is 1. The third kappa shape index (κ3) is 6.51. The first kappa shape index (κ1) is 32.8. The van der Waals surface area contributed by atoms with Gasteiger partial charge in [-0.3, -0.25) is 14.8 Å². The van der Waals surface area contributed by atoms with Crippen molar-refractivity contribution in [3.63, 3.8) is 0 Å². The largest absolute Gasteiger partial charge is 0.512 e. The van der Waals surface area contributed by atoms with Crippen LogP contribution in [-0.4, -0.2) is 25.9 Å². The van der Waals surface area contributed by atoms with E-state index in [1.165, 1.54) is 11.0 Å². The van der Waals surface area contributed by atoms with Gasteiger partial charge in [-0.1, -0.05) is 54.6 Å². The minimum atomic E-state index is -4.67. The smallest absolute Gasteiger partial charge is 0.449 e. The summed E-state index contributed by atoms with van der Waals surface area (Å²) in [4.78, 5) is 24.8. The van der Waals surface area contributed by atoms with Crippen molar-refractivity contribution < 1.29 is 27.5 Å². The predicted molar refractivity (Wildman–Crippen MR) is 173 cm³/mol. The van der Waals surface area contributed by atoms with Crippen LogP contribution in [-0.2, 0) is 24.7 Å². The maximum Gasteiger partial charge on any atom is 0.449 e. The third-order valence-electron chi connectivity index (χ3n) is 8.29. The minimum absolute atomic E-state index is 0.0223. The molecule has 238 valence electrons. The molecule has 0 aliphatic rings. The number of aliphatic hydroxyl groups excluding tert-OH is 1. The number of pyridine rings is 2. The van der Waals surface area contributed by atoms with Gasteiger partial charge in [-0.05, 0) is 92.3 Å². The molecule has 0 fully saturated rings. The van der Waals surface area contributed by atoms with Crippen molar-refractivity contribution in [2.24, 2.45) is 0 Å². The van der Waals surface area contributed by atoms with Crippen LogP contribution in [0.2, 0.25) is 5.02 Å². The fourth-order valence-electron chi connectivity index (χ4n) is 5.19. The molecule has 10 heteroatoms. The summed E-state index contributed by atoms with van der Waals surface area (Å²) in [6.45, 7) is 12.6. The molecule has 0 bridgehead atoms. The predicted octanol–water partition coefficient (Wildman–Crippen LogP) is 9.68. The van der Waals surface area contributed by atoms with E-state index in [4.69, 9.17) is 16.0 Å². The van der Waals surface area contributed by atoms with Gasteiger partial charge in [0.1, 0.15) is 11.3 Å². The molecule has 0 saturated heterocycles. The van der Waals surface area contributed by atoms with Gasteiger partial charge in [0.05, 0.1) is 23.4 Å². The second-order valence-corrected chi connectivity index (χ2v) is 12.4. The highest BCUT2D eigenvalue weighted by Crippen LogP contribution is 2.35. The highest BCUT2D eigenvalue weighted by atomic mass is 35.5. The SMILES string of the molecule is C=C(O)C(C)(C)c1cccc(-c2ccc(CN(Cc3ccc(C(F)(F)F)o3)C(=O)c3c(C)c(C)nc4cc(C)cnc34)c(Cl)c2)c1. The highest BCUT2D eigenvalue weighted by molar-refractivity contribution is 6.31. The van der Waals surface area contributed by atoms with Gasteiger partial charge in [0, 0.05) is 28.9 Å². The topological polar surface area (TPSA) is 79.5 Å². The minimum Gasteiger partial charge on any atom is -0.512 e. The number of carbonyl (C=O) groups excluding carboxylic acids is 1. The molecule has 2 aromatic carbocycles. The molecule has 1 N–H and O–H groups in total. The summed E-state index contributed by atoms with van der Waals surface area (Å²) in [7, 11) is 0. The van der Waals surface area contributed by atoms with Crippen molar-refractivity contribution in [3.05, 3.63) is 129 Å². The Balaban J connectivity index is 1.54. The highest BCUT2D eigenvalue weighted by Gasteiger charge is 2.35. The number of aromatic nitrogens is 2. The van der Waals surface area contributed by atoms with Crippen LogP contribution in [0.5, 0.6) is 0 Å². The second kappa shape index (κ2) is 12.3. The maximum atomic E-state index is 14.3. The van der Waals surface area contributed by atoms with Crippen molar-refractivity contribution in [1.82, 2.24) is 14.9 Å². The van der Waals surface area contributed by atoms with Crippen LogP contribution in [0, 0.1) is 20.8 Å². The number of amides is 1. The molecule has 3 heterocycles. The lowest BCUT2D eigenvalue weighted by Crippen LogP contribution is -2.31. The fourth-order valence-corrected chi connectivity index (χ4v) is 5.43. The van der Waals surface area contributed by atoms with E-state index in [9.17, 15) is 23.1 Å². The molecule has 0 atom stereocenters. The molecule has 0 radical (unpaired) electrons. The molecule has 0 spiro atoms. The normalized spacial score (nSPS) is 12.0. The molecule has 6 nitrogen and oxygen atoms in total. The number of hydrogen-bond acceptors (Lipinski definition) is 5. The van der Waals surface area contributed by atoms with Crippen LogP contribution in [0.1, 0.15) is 63.7 Å². The van der Waals surface area contributed by atoms with Crippen LogP contribution >= 0.6 is 11.6 Å². The number of rotatable bonds is 8. The van der Waals surface area contributed by atoms with Crippen molar-refractivity contribution in [2.45, 2.75) is 59.3 Å². The number of aryl methyl sites for hydroxylation is 2. The molecule has 1 amide bonds. The molecule has 0 aliphatic heterocycles. The number of carbonyl (C=O) groups is 1. The van der Waals surface area contributed by atoms with Crippen molar-refractivity contribution in [2.75, 3.05) is 0 Å². The summed E-state index contributed by atoms with van der Waals surface area (Å²) in [6.07, 6.45) is -3.02. The van der Waals surface area contributed by atoms with Crippen LogP contribution in [0.25, 0.3) is 22.2 Å². The van der Waals surface area contributed by atoms with Gasteiger partial charge in [-0.25, -0.2) is 0 Å². The monoisotopic (exact) mass is 647 g/mol. The number of fused-ring (bicyclic) bond motifs is 1.